The molecule has 0 saturated carbocycles. The quantitative estimate of drug-likeness (QED) is 0.386. The molecule has 2 atom stereocenters. The smallest absolute Gasteiger partial charge is 0.272 e. The van der Waals surface area contributed by atoms with Gasteiger partial charge >= 0.3 is 0 Å². The summed E-state index contributed by atoms with van der Waals surface area (Å²) in [5.41, 5.74) is 2.90. The fourth-order valence-electron chi connectivity index (χ4n) is 4.64. The highest BCUT2D eigenvalue weighted by Gasteiger charge is 2.35. The van der Waals surface area contributed by atoms with E-state index in [1.54, 1.807) is 29.4 Å². The highest BCUT2D eigenvalue weighted by Crippen LogP contribution is 2.28. The summed E-state index contributed by atoms with van der Waals surface area (Å²) in [6, 6.07) is 22.7. The lowest BCUT2D eigenvalue weighted by Gasteiger charge is -2.44. The van der Waals surface area contributed by atoms with Gasteiger partial charge in [0, 0.05) is 54.2 Å². The van der Waals surface area contributed by atoms with Crippen molar-refractivity contribution < 1.29 is 9.59 Å². The van der Waals surface area contributed by atoms with Crippen molar-refractivity contribution in [3.05, 3.63) is 96.4 Å². The van der Waals surface area contributed by atoms with Crippen LogP contribution in [0.3, 0.4) is 0 Å². The largest absolute Gasteiger partial charge is 0.333 e. The molecule has 1 fully saturated rings. The number of anilines is 1. The van der Waals surface area contributed by atoms with Gasteiger partial charge in [-0.05, 0) is 74.3 Å². The molecule has 2 aromatic heterocycles. The van der Waals surface area contributed by atoms with Crippen molar-refractivity contribution in [2.45, 2.75) is 30.8 Å². The number of piperazine rings is 1. The van der Waals surface area contributed by atoms with Crippen LogP contribution < -0.4 is 4.72 Å². The molecule has 0 bridgehead atoms. The first-order valence-corrected chi connectivity index (χ1v) is 12.7. The van der Waals surface area contributed by atoms with E-state index < -0.39 is 0 Å². The Morgan fingerprint density at radius 2 is 1.56 bits per heavy atom. The van der Waals surface area contributed by atoms with Crippen LogP contribution in [-0.2, 0) is 0 Å². The first kappa shape index (κ1) is 23.8. The van der Waals surface area contributed by atoms with Crippen LogP contribution in [0.4, 0.5) is 5.69 Å². The summed E-state index contributed by atoms with van der Waals surface area (Å²) in [4.78, 5) is 39.6. The molecule has 8 heteroatoms. The van der Waals surface area contributed by atoms with Crippen molar-refractivity contribution in [2.75, 3.05) is 17.8 Å². The lowest BCUT2D eigenvalue weighted by Crippen LogP contribution is -2.59. The third-order valence-corrected chi connectivity index (χ3v) is 7.22. The van der Waals surface area contributed by atoms with E-state index in [1.165, 1.54) is 11.9 Å². The topological polar surface area (TPSA) is 78.4 Å². The van der Waals surface area contributed by atoms with E-state index in [0.29, 0.717) is 24.3 Å². The van der Waals surface area contributed by atoms with Gasteiger partial charge in [0.2, 0.25) is 0 Å². The van der Waals surface area contributed by atoms with Crippen LogP contribution in [0.15, 0.2) is 90.1 Å². The number of carbonyl (C=O) groups is 2. The highest BCUT2D eigenvalue weighted by atomic mass is 32.2. The lowest BCUT2D eigenvalue weighted by atomic mass is 10.0. The van der Waals surface area contributed by atoms with Crippen molar-refractivity contribution in [1.29, 1.82) is 0 Å². The molecule has 3 heterocycles. The zero-order chi connectivity index (χ0) is 25.1. The summed E-state index contributed by atoms with van der Waals surface area (Å²) in [7, 11) is 0. The molecule has 182 valence electrons. The molecule has 0 aliphatic carbocycles. The molecule has 7 nitrogen and oxygen atoms in total. The van der Waals surface area contributed by atoms with E-state index in [0.717, 1.165) is 21.5 Å². The summed E-state index contributed by atoms with van der Waals surface area (Å²) in [5, 5.41) is 1.09. The number of benzene rings is 2. The average molecular weight is 498 g/mol. The Morgan fingerprint density at radius 1 is 0.833 bits per heavy atom. The molecule has 1 N–H and O–H groups in total. The second-order valence-corrected chi connectivity index (χ2v) is 9.80. The van der Waals surface area contributed by atoms with Crippen molar-refractivity contribution in [2.24, 2.45) is 0 Å². The minimum absolute atomic E-state index is 0.0302. The number of amides is 2. The maximum absolute atomic E-state index is 13.4. The summed E-state index contributed by atoms with van der Waals surface area (Å²) in [5.74, 6) is -0.131. The molecule has 1 saturated heterocycles. The minimum atomic E-state index is -0.110. The molecule has 0 radical (unpaired) electrons. The van der Waals surface area contributed by atoms with Gasteiger partial charge in [-0.25, -0.2) is 0 Å². The van der Waals surface area contributed by atoms with Crippen molar-refractivity contribution in [3.63, 3.8) is 0 Å². The molecule has 1 aliphatic rings. The first-order chi connectivity index (χ1) is 17.5. The van der Waals surface area contributed by atoms with E-state index in [9.17, 15) is 9.59 Å². The summed E-state index contributed by atoms with van der Waals surface area (Å²) >= 11 is 1.50. The Labute approximate surface area is 214 Å². The molecule has 2 aromatic carbocycles. The van der Waals surface area contributed by atoms with Crippen LogP contribution >= 0.6 is 11.9 Å². The third-order valence-electron chi connectivity index (χ3n) is 6.33. The van der Waals surface area contributed by atoms with Gasteiger partial charge in [0.05, 0.1) is 10.4 Å². The normalized spacial score (nSPS) is 17.7. The second-order valence-electron chi connectivity index (χ2n) is 8.95. The number of fused-ring (bicyclic) bond motifs is 1. The molecular formula is C28H27N5O2S. The van der Waals surface area contributed by atoms with E-state index in [1.807, 2.05) is 79.4 Å². The number of carbonyl (C=O) groups excluding carboxylic acids is 2. The van der Waals surface area contributed by atoms with Gasteiger partial charge in [-0.3, -0.25) is 19.6 Å². The van der Waals surface area contributed by atoms with Crippen molar-refractivity contribution in [1.82, 2.24) is 19.8 Å². The van der Waals surface area contributed by atoms with E-state index >= 15 is 0 Å². The predicted octanol–water partition coefficient (Wildman–Crippen LogP) is 5.12. The van der Waals surface area contributed by atoms with Gasteiger partial charge in [0.25, 0.3) is 11.8 Å². The van der Waals surface area contributed by atoms with Crippen LogP contribution in [0.1, 0.15) is 34.7 Å². The fourth-order valence-corrected chi connectivity index (χ4v) is 5.42. The fraction of sp³-hybridized carbons (Fsp3) is 0.214. The van der Waals surface area contributed by atoms with E-state index in [4.69, 9.17) is 0 Å². The van der Waals surface area contributed by atoms with Crippen molar-refractivity contribution >= 4 is 40.4 Å². The number of nitrogens with zero attached hydrogens (tertiary/aromatic N) is 4. The predicted molar refractivity (Wildman–Crippen MR) is 143 cm³/mol. The molecule has 0 spiro atoms. The molecule has 4 aromatic rings. The summed E-state index contributed by atoms with van der Waals surface area (Å²) < 4.78 is 3.35. The maximum atomic E-state index is 13.4. The summed E-state index contributed by atoms with van der Waals surface area (Å²) in [6.45, 7) is 4.91. The van der Waals surface area contributed by atoms with Gasteiger partial charge in [0.15, 0.2) is 0 Å². The Kier molecular flexibility index (Phi) is 6.86. The number of hydrogen-bond acceptors (Lipinski definition) is 6. The minimum Gasteiger partial charge on any atom is -0.333 e. The molecule has 1 aliphatic heterocycles. The SMILES string of the molecule is CC1CN(C(=O)c2ccccn2)CC(C)N1C(=O)c1ccc(NSc2cccc3cccnc23)cc1. The average Bonchev–Trinajstić information content (AvgIpc) is 2.91. The zero-order valence-electron chi connectivity index (χ0n) is 20.2. The zero-order valence-corrected chi connectivity index (χ0v) is 21.0. The van der Waals surface area contributed by atoms with Crippen LogP contribution in [0.25, 0.3) is 10.9 Å². The molecule has 2 amide bonds. The second kappa shape index (κ2) is 10.4. The Bertz CT molecular complexity index is 1360. The lowest BCUT2D eigenvalue weighted by molar-refractivity contribution is 0.0252. The Balaban J connectivity index is 1.23. The van der Waals surface area contributed by atoms with Crippen LogP contribution in [0.5, 0.6) is 0 Å². The van der Waals surface area contributed by atoms with Gasteiger partial charge in [-0.1, -0.05) is 24.3 Å². The number of hydrogen-bond donors (Lipinski definition) is 1. The standard InChI is InChI=1S/C28H27N5O2S/c1-19-17-32(28(35)24-9-3-4-15-29-24)18-20(2)33(19)27(34)22-11-13-23(14-12-22)31-36-25-10-5-7-21-8-6-16-30-26(21)25/h3-16,19-20,31H,17-18H2,1-2H3. The summed E-state index contributed by atoms with van der Waals surface area (Å²) in [6.07, 6.45) is 3.42. The van der Waals surface area contributed by atoms with Crippen LogP contribution in [-0.4, -0.2) is 56.8 Å². The number of nitrogens with one attached hydrogen (secondary N) is 1. The first-order valence-electron chi connectivity index (χ1n) is 11.9. The number of rotatable bonds is 5. The number of pyridine rings is 2. The van der Waals surface area contributed by atoms with E-state index in [-0.39, 0.29) is 23.9 Å². The Hall–Kier alpha value is -3.91. The maximum Gasteiger partial charge on any atom is 0.272 e. The van der Waals surface area contributed by atoms with Gasteiger partial charge in [0.1, 0.15) is 5.69 Å². The van der Waals surface area contributed by atoms with Crippen LogP contribution in [0, 0.1) is 0 Å². The Morgan fingerprint density at radius 3 is 2.28 bits per heavy atom. The van der Waals surface area contributed by atoms with Gasteiger partial charge < -0.3 is 14.5 Å². The molecule has 2 unspecified atom stereocenters. The monoisotopic (exact) mass is 497 g/mol. The molecule has 36 heavy (non-hydrogen) atoms. The number of aromatic nitrogens is 2. The molecule has 5 rings (SSSR count). The number of para-hydroxylation sites is 1. The van der Waals surface area contributed by atoms with Gasteiger partial charge in [-0.2, -0.15) is 0 Å². The third kappa shape index (κ3) is 4.90. The highest BCUT2D eigenvalue weighted by molar-refractivity contribution is 8.00. The van der Waals surface area contributed by atoms with Crippen LogP contribution in [0.2, 0.25) is 0 Å². The van der Waals surface area contributed by atoms with Crippen molar-refractivity contribution in [3.8, 4) is 0 Å². The van der Waals surface area contributed by atoms with Gasteiger partial charge in [-0.15, -0.1) is 0 Å². The molecular weight excluding hydrogens is 470 g/mol. The van der Waals surface area contributed by atoms with E-state index in [2.05, 4.69) is 14.7 Å².